The number of nitrogens with zero attached hydrogens (tertiary/aromatic N) is 3. The van der Waals surface area contributed by atoms with Gasteiger partial charge in [0.15, 0.2) is 0 Å². The largest absolute Gasteiger partial charge is 0.330 e. The zero-order valence-electron chi connectivity index (χ0n) is 18.5. The minimum atomic E-state index is -0.505. The Bertz CT molecular complexity index is 1140. The number of hydrogen-bond acceptors (Lipinski definition) is 3. The van der Waals surface area contributed by atoms with Crippen molar-refractivity contribution in [2.45, 2.75) is 33.1 Å². The molecule has 168 valence electrons. The normalized spacial score (nSPS) is 11.3. The van der Waals surface area contributed by atoms with Crippen molar-refractivity contribution in [1.29, 1.82) is 0 Å². The Labute approximate surface area is 192 Å². The fourth-order valence-corrected chi connectivity index (χ4v) is 3.35. The van der Waals surface area contributed by atoms with Crippen LogP contribution in [0.2, 0.25) is 5.02 Å². The highest BCUT2D eigenvalue weighted by atomic mass is 35.5. The van der Waals surface area contributed by atoms with Gasteiger partial charge in [0.2, 0.25) is 5.91 Å². The van der Waals surface area contributed by atoms with Crippen molar-refractivity contribution in [2.75, 3.05) is 18.4 Å². The van der Waals surface area contributed by atoms with E-state index < -0.39 is 17.6 Å². The number of nitrogens with one attached hydrogen (secondary N) is 1. The zero-order chi connectivity index (χ0) is 23.5. The first-order valence-corrected chi connectivity index (χ1v) is 10.7. The number of likely N-dealkylation sites (N-methyl/N-ethyl adjacent to an activating group) is 1. The van der Waals surface area contributed by atoms with E-state index in [2.05, 4.69) is 10.4 Å². The molecule has 3 rings (SSSR count). The first-order chi connectivity index (χ1) is 15.1. The molecular formula is C24H26ClFN4O2. The molecule has 1 heterocycles. The standard InChI is InChI=1S/C24H26ClFN4O2/c1-5-29(23(32)16-9-8-10-17(26)13-16)15-22(31)27-21-14-20(24(2,3)4)28-30(21)19-12-7-6-11-18(19)25/h6-14H,5,15H2,1-4H3,(H,27,31). The Kier molecular flexibility index (Phi) is 6.99. The van der Waals surface area contributed by atoms with E-state index in [9.17, 15) is 14.0 Å². The molecule has 0 fully saturated rings. The van der Waals surface area contributed by atoms with Crippen LogP contribution in [0.5, 0.6) is 0 Å². The quantitative estimate of drug-likeness (QED) is 0.563. The molecule has 8 heteroatoms. The number of aromatic nitrogens is 2. The second kappa shape index (κ2) is 9.53. The number of benzene rings is 2. The van der Waals surface area contributed by atoms with Crippen molar-refractivity contribution in [3.8, 4) is 5.69 Å². The summed E-state index contributed by atoms with van der Waals surface area (Å²) in [5.41, 5.74) is 1.34. The van der Waals surface area contributed by atoms with E-state index in [0.717, 1.165) is 11.8 Å². The van der Waals surface area contributed by atoms with E-state index >= 15 is 0 Å². The summed E-state index contributed by atoms with van der Waals surface area (Å²) in [6.07, 6.45) is 0. The molecular weight excluding hydrogens is 431 g/mol. The minimum Gasteiger partial charge on any atom is -0.330 e. The highest BCUT2D eigenvalue weighted by molar-refractivity contribution is 6.32. The molecule has 0 aliphatic carbocycles. The van der Waals surface area contributed by atoms with Crippen molar-refractivity contribution in [1.82, 2.24) is 14.7 Å². The summed E-state index contributed by atoms with van der Waals surface area (Å²) < 4.78 is 15.1. The molecule has 6 nitrogen and oxygen atoms in total. The molecule has 0 bridgehead atoms. The predicted octanol–water partition coefficient (Wildman–Crippen LogP) is 5.06. The Morgan fingerprint density at radius 3 is 2.47 bits per heavy atom. The van der Waals surface area contributed by atoms with Gasteiger partial charge in [-0.2, -0.15) is 5.10 Å². The van der Waals surface area contributed by atoms with Crippen LogP contribution >= 0.6 is 11.6 Å². The average molecular weight is 457 g/mol. The number of halogens is 2. The Hall–Kier alpha value is -3.19. The molecule has 32 heavy (non-hydrogen) atoms. The van der Waals surface area contributed by atoms with Gasteiger partial charge in [-0.3, -0.25) is 9.59 Å². The molecule has 2 aromatic carbocycles. The first kappa shape index (κ1) is 23.5. The van der Waals surface area contributed by atoms with Crippen LogP contribution in [-0.4, -0.2) is 39.6 Å². The van der Waals surface area contributed by atoms with Crippen LogP contribution in [-0.2, 0) is 10.2 Å². The zero-order valence-corrected chi connectivity index (χ0v) is 19.3. The molecule has 0 unspecified atom stereocenters. The second-order valence-electron chi connectivity index (χ2n) is 8.41. The molecule has 0 aliphatic rings. The van der Waals surface area contributed by atoms with E-state index in [1.165, 1.54) is 23.1 Å². The molecule has 3 aromatic rings. The van der Waals surface area contributed by atoms with E-state index in [0.29, 0.717) is 23.1 Å². The molecule has 0 radical (unpaired) electrons. The number of amides is 2. The van der Waals surface area contributed by atoms with Gasteiger partial charge in [-0.05, 0) is 37.3 Å². The van der Waals surface area contributed by atoms with E-state index in [-0.39, 0.29) is 17.5 Å². The first-order valence-electron chi connectivity index (χ1n) is 10.3. The summed E-state index contributed by atoms with van der Waals surface area (Å²) in [6, 6.07) is 14.4. The van der Waals surface area contributed by atoms with Gasteiger partial charge in [0, 0.05) is 23.6 Å². The third-order valence-electron chi connectivity index (χ3n) is 4.90. The fourth-order valence-electron chi connectivity index (χ4n) is 3.13. The summed E-state index contributed by atoms with van der Waals surface area (Å²) in [7, 11) is 0. The third-order valence-corrected chi connectivity index (χ3v) is 5.22. The molecule has 1 N–H and O–H groups in total. The molecule has 0 saturated carbocycles. The monoisotopic (exact) mass is 456 g/mol. The van der Waals surface area contributed by atoms with Crippen LogP contribution < -0.4 is 5.32 Å². The van der Waals surface area contributed by atoms with Crippen LogP contribution in [0.4, 0.5) is 10.2 Å². The maximum Gasteiger partial charge on any atom is 0.254 e. The third kappa shape index (κ3) is 5.34. The lowest BCUT2D eigenvalue weighted by Gasteiger charge is -2.20. The number of carbonyl (C=O) groups is 2. The van der Waals surface area contributed by atoms with Gasteiger partial charge in [-0.25, -0.2) is 9.07 Å². The highest BCUT2D eigenvalue weighted by Gasteiger charge is 2.23. The topological polar surface area (TPSA) is 67.2 Å². The lowest BCUT2D eigenvalue weighted by atomic mass is 9.92. The lowest BCUT2D eigenvalue weighted by Crippen LogP contribution is -2.38. The van der Waals surface area contributed by atoms with Gasteiger partial charge >= 0.3 is 0 Å². The highest BCUT2D eigenvalue weighted by Crippen LogP contribution is 2.29. The van der Waals surface area contributed by atoms with Gasteiger partial charge in [0.05, 0.1) is 16.4 Å². The van der Waals surface area contributed by atoms with Gasteiger partial charge in [0.25, 0.3) is 5.91 Å². The number of anilines is 1. The summed E-state index contributed by atoms with van der Waals surface area (Å²) in [6.45, 7) is 7.93. The van der Waals surface area contributed by atoms with Gasteiger partial charge in [-0.15, -0.1) is 0 Å². The minimum absolute atomic E-state index is 0.190. The smallest absolute Gasteiger partial charge is 0.254 e. The van der Waals surface area contributed by atoms with E-state index in [4.69, 9.17) is 11.6 Å². The van der Waals surface area contributed by atoms with Crippen molar-refractivity contribution < 1.29 is 14.0 Å². The summed E-state index contributed by atoms with van der Waals surface area (Å²) in [5.74, 6) is -0.876. The number of carbonyl (C=O) groups excluding carboxylic acids is 2. The Balaban J connectivity index is 1.85. The van der Waals surface area contributed by atoms with Crippen molar-refractivity contribution in [2.24, 2.45) is 0 Å². The maximum absolute atomic E-state index is 13.5. The molecule has 0 saturated heterocycles. The van der Waals surface area contributed by atoms with Crippen molar-refractivity contribution in [3.05, 3.63) is 76.7 Å². The fraction of sp³-hybridized carbons (Fsp3) is 0.292. The van der Waals surface area contributed by atoms with Crippen LogP contribution in [0.1, 0.15) is 43.7 Å². The second-order valence-corrected chi connectivity index (χ2v) is 8.81. The summed E-state index contributed by atoms with van der Waals surface area (Å²) in [4.78, 5) is 26.9. The average Bonchev–Trinajstić information content (AvgIpc) is 3.15. The van der Waals surface area contributed by atoms with Crippen molar-refractivity contribution in [3.63, 3.8) is 0 Å². The van der Waals surface area contributed by atoms with Crippen LogP contribution in [0.25, 0.3) is 5.69 Å². The van der Waals surface area contributed by atoms with Crippen LogP contribution in [0, 0.1) is 5.82 Å². The van der Waals surface area contributed by atoms with E-state index in [1.54, 1.807) is 23.7 Å². The summed E-state index contributed by atoms with van der Waals surface area (Å²) in [5, 5.41) is 7.99. The van der Waals surface area contributed by atoms with Gasteiger partial charge < -0.3 is 10.2 Å². The Morgan fingerprint density at radius 1 is 1.12 bits per heavy atom. The molecule has 0 atom stereocenters. The van der Waals surface area contributed by atoms with Crippen LogP contribution in [0.15, 0.2) is 54.6 Å². The maximum atomic E-state index is 13.5. The van der Waals surface area contributed by atoms with Crippen molar-refractivity contribution >= 4 is 29.2 Å². The summed E-state index contributed by atoms with van der Waals surface area (Å²) >= 11 is 6.36. The predicted molar refractivity (Wildman–Crippen MR) is 124 cm³/mol. The molecule has 0 spiro atoms. The Morgan fingerprint density at radius 2 is 1.84 bits per heavy atom. The van der Waals surface area contributed by atoms with E-state index in [1.807, 2.05) is 39.0 Å². The molecule has 2 amide bonds. The molecule has 1 aromatic heterocycles. The number of hydrogen-bond donors (Lipinski definition) is 1. The van der Waals surface area contributed by atoms with Gasteiger partial charge in [0.1, 0.15) is 18.2 Å². The van der Waals surface area contributed by atoms with Crippen LogP contribution in [0.3, 0.4) is 0 Å². The number of para-hydroxylation sites is 1. The SMILES string of the molecule is CCN(CC(=O)Nc1cc(C(C)(C)C)nn1-c1ccccc1Cl)C(=O)c1cccc(F)c1. The lowest BCUT2D eigenvalue weighted by molar-refractivity contribution is -0.116. The number of rotatable bonds is 6. The van der Waals surface area contributed by atoms with Gasteiger partial charge in [-0.1, -0.05) is 50.6 Å². The molecule has 0 aliphatic heterocycles.